The van der Waals surface area contributed by atoms with E-state index in [1.165, 1.54) is 0 Å². The Morgan fingerprint density at radius 2 is 1.25 bits per heavy atom. The van der Waals surface area contributed by atoms with Gasteiger partial charge in [0.2, 0.25) is 0 Å². The third-order valence-electron chi connectivity index (χ3n) is 8.36. The summed E-state index contributed by atoms with van der Waals surface area (Å²) in [6.45, 7) is 14.7. The molecule has 2 N–H and O–H groups in total. The van der Waals surface area contributed by atoms with Gasteiger partial charge in [-0.25, -0.2) is 24.2 Å². The fraction of sp³-hybridized carbons (Fsp3) is 0.279. The van der Waals surface area contributed by atoms with E-state index in [-0.39, 0.29) is 26.4 Å². The van der Waals surface area contributed by atoms with Crippen molar-refractivity contribution in [2.75, 3.05) is 26.4 Å². The van der Waals surface area contributed by atoms with Crippen molar-refractivity contribution in [3.63, 3.8) is 0 Å². The molecule has 0 radical (unpaired) electrons. The molecule has 0 amide bonds. The van der Waals surface area contributed by atoms with Crippen molar-refractivity contribution in [1.82, 2.24) is 0 Å². The number of carbonyl (C=O) groups excluding carboxylic acids is 3. The molecule has 4 aromatic rings. The maximum atomic E-state index is 12.0. The molecule has 12 heteroatoms. The molecule has 0 saturated heterocycles. The first kappa shape index (κ1) is 42.0. The highest BCUT2D eigenvalue weighted by atomic mass is 17.1. The number of ether oxygens (including phenoxy) is 5. The summed E-state index contributed by atoms with van der Waals surface area (Å²) < 4.78 is 27.4. The number of benzene rings is 4. The lowest BCUT2D eigenvalue weighted by atomic mass is 9.90. The molecule has 290 valence electrons. The lowest BCUT2D eigenvalue weighted by Crippen LogP contribution is -2.11. The Morgan fingerprint density at radius 1 is 0.691 bits per heavy atom. The SMILES string of the molecule is C=CC(=O)OCCCOc1ccc(C(OO)c2ccc(C(OO)c3ccc4cc(OC(=O)C(=C)C)ccc4c3)c(CCC)c2)cc1OCCCOC(=O)C=C. The molecule has 12 nitrogen and oxygen atoms in total. The summed E-state index contributed by atoms with van der Waals surface area (Å²) in [7, 11) is 0. The predicted octanol–water partition coefficient (Wildman–Crippen LogP) is 8.43. The second-order valence-corrected chi connectivity index (χ2v) is 12.5. The fourth-order valence-electron chi connectivity index (χ4n) is 5.67. The Kier molecular flexibility index (Phi) is 16.2. The Balaban J connectivity index is 1.59. The molecular weight excluding hydrogens is 708 g/mol. The molecule has 4 rings (SSSR count). The molecule has 0 fully saturated rings. The van der Waals surface area contributed by atoms with E-state index in [1.807, 2.05) is 43.3 Å². The van der Waals surface area contributed by atoms with Crippen LogP contribution in [0.3, 0.4) is 0 Å². The third kappa shape index (κ3) is 11.8. The summed E-state index contributed by atoms with van der Waals surface area (Å²) in [5.41, 5.74) is 3.75. The van der Waals surface area contributed by atoms with Crippen LogP contribution in [-0.2, 0) is 40.1 Å². The normalized spacial score (nSPS) is 11.9. The number of carbonyl (C=O) groups is 3. The minimum absolute atomic E-state index is 0.121. The molecule has 0 spiro atoms. The van der Waals surface area contributed by atoms with Crippen LogP contribution in [0.2, 0.25) is 0 Å². The van der Waals surface area contributed by atoms with Gasteiger partial charge < -0.3 is 23.7 Å². The summed E-state index contributed by atoms with van der Waals surface area (Å²) in [4.78, 5) is 44.9. The van der Waals surface area contributed by atoms with Crippen LogP contribution in [-0.4, -0.2) is 54.8 Å². The maximum Gasteiger partial charge on any atom is 0.338 e. The third-order valence-corrected chi connectivity index (χ3v) is 8.36. The predicted molar refractivity (Wildman–Crippen MR) is 205 cm³/mol. The van der Waals surface area contributed by atoms with E-state index in [9.17, 15) is 24.9 Å². The van der Waals surface area contributed by atoms with Crippen LogP contribution in [0.1, 0.15) is 73.1 Å². The van der Waals surface area contributed by atoms with Crippen LogP contribution in [0, 0.1) is 0 Å². The van der Waals surface area contributed by atoms with Crippen molar-refractivity contribution in [2.24, 2.45) is 0 Å². The Hall–Kier alpha value is -5.79. The van der Waals surface area contributed by atoms with Gasteiger partial charge in [-0.3, -0.25) is 10.5 Å². The van der Waals surface area contributed by atoms with Crippen LogP contribution < -0.4 is 14.2 Å². The smallest absolute Gasteiger partial charge is 0.338 e. The van der Waals surface area contributed by atoms with Crippen molar-refractivity contribution in [1.29, 1.82) is 0 Å². The van der Waals surface area contributed by atoms with Crippen LogP contribution >= 0.6 is 0 Å². The van der Waals surface area contributed by atoms with Gasteiger partial charge in [0.25, 0.3) is 0 Å². The van der Waals surface area contributed by atoms with Gasteiger partial charge in [0.05, 0.1) is 26.4 Å². The van der Waals surface area contributed by atoms with Gasteiger partial charge in [-0.15, -0.1) is 0 Å². The Bertz CT molecular complexity index is 1980. The van der Waals surface area contributed by atoms with Crippen molar-refractivity contribution in [3.05, 3.63) is 138 Å². The summed E-state index contributed by atoms with van der Waals surface area (Å²) in [6.07, 6.45) is 2.61. The number of aryl methyl sites for hydroxylation is 1. The molecule has 0 heterocycles. The van der Waals surface area contributed by atoms with Crippen LogP contribution in [0.25, 0.3) is 10.8 Å². The Labute approximate surface area is 320 Å². The zero-order valence-corrected chi connectivity index (χ0v) is 31.0. The zero-order valence-electron chi connectivity index (χ0n) is 31.0. The number of rotatable bonds is 22. The lowest BCUT2D eigenvalue weighted by Gasteiger charge is -2.22. The van der Waals surface area contributed by atoms with E-state index in [1.54, 1.807) is 43.3 Å². The highest BCUT2D eigenvalue weighted by molar-refractivity contribution is 5.90. The Morgan fingerprint density at radius 3 is 1.87 bits per heavy atom. The van der Waals surface area contributed by atoms with Gasteiger partial charge in [0.15, 0.2) is 11.5 Å². The van der Waals surface area contributed by atoms with Crippen molar-refractivity contribution < 1.29 is 58.4 Å². The highest BCUT2D eigenvalue weighted by Gasteiger charge is 2.24. The average molecular weight is 755 g/mol. The first-order valence-electron chi connectivity index (χ1n) is 17.7. The monoisotopic (exact) mass is 754 g/mol. The second-order valence-electron chi connectivity index (χ2n) is 12.5. The van der Waals surface area contributed by atoms with E-state index in [2.05, 4.69) is 19.7 Å². The van der Waals surface area contributed by atoms with Crippen molar-refractivity contribution in [2.45, 2.75) is 51.7 Å². The molecule has 0 aliphatic carbocycles. The quantitative estimate of drug-likeness (QED) is 0.0197. The van der Waals surface area contributed by atoms with Gasteiger partial charge in [0, 0.05) is 30.6 Å². The molecule has 55 heavy (non-hydrogen) atoms. The maximum absolute atomic E-state index is 12.0. The first-order valence-corrected chi connectivity index (χ1v) is 17.7. The minimum Gasteiger partial charge on any atom is -0.490 e. The highest BCUT2D eigenvalue weighted by Crippen LogP contribution is 2.37. The van der Waals surface area contributed by atoms with Gasteiger partial charge in [0.1, 0.15) is 18.0 Å². The summed E-state index contributed by atoms with van der Waals surface area (Å²) in [5.74, 6) is -0.419. The second kappa shape index (κ2) is 21.2. The summed E-state index contributed by atoms with van der Waals surface area (Å²) >= 11 is 0. The van der Waals surface area contributed by atoms with E-state index < -0.39 is 30.1 Å². The summed E-state index contributed by atoms with van der Waals surface area (Å²) in [5, 5.41) is 22.1. The largest absolute Gasteiger partial charge is 0.490 e. The molecule has 2 atom stereocenters. The average Bonchev–Trinajstić information content (AvgIpc) is 3.19. The zero-order chi connectivity index (χ0) is 39.7. The topological polar surface area (TPSA) is 156 Å². The molecule has 0 aromatic heterocycles. The molecule has 4 aromatic carbocycles. The lowest BCUT2D eigenvalue weighted by molar-refractivity contribution is -0.271. The van der Waals surface area contributed by atoms with Crippen molar-refractivity contribution in [3.8, 4) is 17.2 Å². The number of hydrogen-bond donors (Lipinski definition) is 2. The number of hydrogen-bond acceptors (Lipinski definition) is 12. The fourth-order valence-corrected chi connectivity index (χ4v) is 5.67. The minimum atomic E-state index is -0.935. The van der Waals surface area contributed by atoms with Crippen LogP contribution in [0.4, 0.5) is 0 Å². The molecule has 0 saturated carbocycles. The standard InChI is InChI=1S/C43H46O12/c1-6-11-31-25-32(15-18-36(31)42(55-48)33-13-12-30-26-35(17-14-29(30)24-33)53-43(46)28(4)5)41(54-47)34-16-19-37(49-20-9-22-51-39(44)7-2)38(27-34)50-21-10-23-52-40(45)8-3/h7-8,12-19,24-27,41-42,47-48H,2-4,6,9-11,20-23H2,1,5H3. The van der Waals surface area contributed by atoms with E-state index in [4.69, 9.17) is 33.5 Å². The molecule has 2 unspecified atom stereocenters. The number of fused-ring (bicyclic) bond motifs is 1. The molecule has 0 bridgehead atoms. The van der Waals surface area contributed by atoms with Gasteiger partial charge in [-0.05, 0) is 82.3 Å². The van der Waals surface area contributed by atoms with E-state index in [0.29, 0.717) is 58.8 Å². The van der Waals surface area contributed by atoms with E-state index >= 15 is 0 Å². The molecule has 0 aliphatic rings. The van der Waals surface area contributed by atoms with Crippen molar-refractivity contribution >= 4 is 28.7 Å². The van der Waals surface area contributed by atoms with Gasteiger partial charge in [-0.1, -0.05) is 75.5 Å². The molecular formula is C43H46O12. The molecule has 0 aliphatic heterocycles. The number of esters is 3. The van der Waals surface area contributed by atoms with Gasteiger partial charge in [-0.2, -0.15) is 0 Å². The van der Waals surface area contributed by atoms with Crippen LogP contribution in [0.5, 0.6) is 17.2 Å². The van der Waals surface area contributed by atoms with Crippen LogP contribution in [0.15, 0.2) is 110 Å². The first-order chi connectivity index (χ1) is 26.6. The van der Waals surface area contributed by atoms with E-state index in [0.717, 1.165) is 40.5 Å². The summed E-state index contributed by atoms with van der Waals surface area (Å²) in [6, 6.07) is 21.5. The van der Waals surface area contributed by atoms with Gasteiger partial charge >= 0.3 is 17.9 Å².